The van der Waals surface area contributed by atoms with E-state index < -0.39 is 28.0 Å². The lowest BCUT2D eigenvalue weighted by Gasteiger charge is -2.14. The minimum absolute atomic E-state index is 0.0341. The van der Waals surface area contributed by atoms with Crippen LogP contribution < -0.4 is 5.56 Å². The highest BCUT2D eigenvalue weighted by molar-refractivity contribution is 5.92. The van der Waals surface area contributed by atoms with Gasteiger partial charge in [-0.3, -0.25) is 4.79 Å². The van der Waals surface area contributed by atoms with Gasteiger partial charge in [0.15, 0.2) is 0 Å². The normalized spacial score (nSPS) is 11.7. The van der Waals surface area contributed by atoms with Crippen molar-refractivity contribution in [2.45, 2.75) is 6.30 Å². The maximum atomic E-state index is 12.8. The zero-order valence-electron chi connectivity index (χ0n) is 8.73. The van der Waals surface area contributed by atoms with Crippen LogP contribution in [0.2, 0.25) is 0 Å². The van der Waals surface area contributed by atoms with Crippen molar-refractivity contribution in [1.29, 1.82) is 0 Å². The summed E-state index contributed by atoms with van der Waals surface area (Å²) in [6.07, 6.45) is -4.97. The molecule has 2 aromatic rings. The summed E-state index contributed by atoms with van der Waals surface area (Å²) >= 11 is 0. The van der Waals surface area contributed by atoms with Gasteiger partial charge >= 0.3 is 12.3 Å². The van der Waals surface area contributed by atoms with Crippen molar-refractivity contribution in [3.8, 4) is 0 Å². The predicted octanol–water partition coefficient (Wildman–Crippen LogP) is 2.18. The molecule has 0 unspecified atom stereocenters. The van der Waals surface area contributed by atoms with Crippen molar-refractivity contribution in [2.75, 3.05) is 0 Å². The molecule has 0 bridgehead atoms. The topological polar surface area (TPSA) is 59.3 Å². The highest BCUT2D eigenvalue weighted by atomic mass is 19.4. The summed E-state index contributed by atoms with van der Waals surface area (Å²) < 4.78 is 37.9. The second-order valence-electron chi connectivity index (χ2n) is 3.53. The number of carboxylic acid groups (broad SMARTS) is 1. The van der Waals surface area contributed by atoms with Gasteiger partial charge in [0.05, 0.1) is 5.52 Å². The molecule has 1 aromatic carbocycles. The number of halogens is 3. The van der Waals surface area contributed by atoms with Crippen molar-refractivity contribution >= 4 is 16.9 Å². The maximum Gasteiger partial charge on any atom is 0.491 e. The molecule has 0 fully saturated rings. The van der Waals surface area contributed by atoms with Crippen LogP contribution in [0.25, 0.3) is 10.9 Å². The van der Waals surface area contributed by atoms with Gasteiger partial charge in [0.25, 0.3) is 5.56 Å². The maximum absolute atomic E-state index is 12.8. The van der Waals surface area contributed by atoms with Crippen molar-refractivity contribution in [2.24, 2.45) is 0 Å². The standard InChI is InChI=1S/C11H6F3NO3/c12-11(13,14)15-8-4-2-1-3-6(8)5-7(9(15)16)10(17)18/h1-5H,(H,17,18). The van der Waals surface area contributed by atoms with Crippen LogP contribution in [-0.4, -0.2) is 15.6 Å². The van der Waals surface area contributed by atoms with E-state index in [0.717, 1.165) is 12.1 Å². The van der Waals surface area contributed by atoms with Gasteiger partial charge in [0, 0.05) is 0 Å². The molecule has 2 rings (SSSR count). The van der Waals surface area contributed by atoms with Crippen molar-refractivity contribution < 1.29 is 23.1 Å². The summed E-state index contributed by atoms with van der Waals surface area (Å²) in [5.74, 6) is -1.69. The summed E-state index contributed by atoms with van der Waals surface area (Å²) in [6, 6.07) is 6.14. The Balaban J connectivity index is 3.01. The molecule has 1 heterocycles. The number of pyridine rings is 1. The molecule has 18 heavy (non-hydrogen) atoms. The monoisotopic (exact) mass is 257 g/mol. The first-order valence-electron chi connectivity index (χ1n) is 4.77. The molecule has 0 spiro atoms. The summed E-state index contributed by atoms with van der Waals surface area (Å²) in [6.45, 7) is 0. The first-order chi connectivity index (χ1) is 8.32. The highest BCUT2D eigenvalue weighted by Crippen LogP contribution is 2.25. The van der Waals surface area contributed by atoms with E-state index in [1.807, 2.05) is 0 Å². The molecule has 4 nitrogen and oxygen atoms in total. The molecule has 0 saturated carbocycles. The third-order valence-electron chi connectivity index (χ3n) is 2.39. The number of rotatable bonds is 1. The minimum atomic E-state index is -4.97. The first kappa shape index (κ1) is 12.2. The predicted molar refractivity (Wildman–Crippen MR) is 56.5 cm³/mol. The Morgan fingerprint density at radius 1 is 1.22 bits per heavy atom. The number of hydrogen-bond donors (Lipinski definition) is 1. The average Bonchev–Trinajstić information content (AvgIpc) is 2.25. The number of hydrogen-bond acceptors (Lipinski definition) is 2. The summed E-state index contributed by atoms with van der Waals surface area (Å²) in [5, 5.41) is 8.77. The molecule has 1 aromatic heterocycles. The van der Waals surface area contributed by atoms with Crippen LogP contribution >= 0.6 is 0 Å². The first-order valence-corrected chi connectivity index (χ1v) is 4.77. The molecule has 7 heteroatoms. The van der Waals surface area contributed by atoms with Crippen molar-refractivity contribution in [3.63, 3.8) is 0 Å². The van der Waals surface area contributed by atoms with E-state index in [2.05, 4.69) is 0 Å². The molecular formula is C11H6F3NO3. The third-order valence-corrected chi connectivity index (χ3v) is 2.39. The summed E-state index contributed by atoms with van der Waals surface area (Å²) in [5.41, 5.74) is -2.88. The quantitative estimate of drug-likeness (QED) is 0.851. The van der Waals surface area contributed by atoms with Crippen LogP contribution in [-0.2, 0) is 6.30 Å². The molecular weight excluding hydrogens is 251 g/mol. The Kier molecular flexibility index (Phi) is 2.61. The number of alkyl halides is 3. The molecule has 0 aliphatic carbocycles. The molecule has 0 radical (unpaired) electrons. The molecule has 0 aliphatic rings. The van der Waals surface area contributed by atoms with E-state index in [0.29, 0.717) is 0 Å². The number of carbonyl (C=O) groups is 1. The Bertz CT molecular complexity index is 688. The van der Waals surface area contributed by atoms with Crippen LogP contribution in [0.3, 0.4) is 0 Å². The van der Waals surface area contributed by atoms with Gasteiger partial charge < -0.3 is 5.11 Å². The second kappa shape index (κ2) is 3.86. The molecule has 94 valence electrons. The fraction of sp³-hybridized carbons (Fsp3) is 0.0909. The molecule has 1 N–H and O–H groups in total. The summed E-state index contributed by atoms with van der Waals surface area (Å²) in [4.78, 5) is 22.3. The highest BCUT2D eigenvalue weighted by Gasteiger charge is 2.35. The zero-order chi connectivity index (χ0) is 13.5. The van der Waals surface area contributed by atoms with Crippen LogP contribution in [0.15, 0.2) is 35.1 Å². The van der Waals surface area contributed by atoms with Crippen LogP contribution in [0.1, 0.15) is 10.4 Å². The number of aromatic nitrogens is 1. The van der Waals surface area contributed by atoms with Gasteiger partial charge in [-0.05, 0) is 17.5 Å². The zero-order valence-corrected chi connectivity index (χ0v) is 8.73. The average molecular weight is 257 g/mol. The lowest BCUT2D eigenvalue weighted by Crippen LogP contribution is -2.34. The van der Waals surface area contributed by atoms with Gasteiger partial charge in [-0.25, -0.2) is 9.36 Å². The van der Waals surface area contributed by atoms with Crippen molar-refractivity contribution in [1.82, 2.24) is 4.57 Å². The van der Waals surface area contributed by atoms with Gasteiger partial charge in [-0.2, -0.15) is 0 Å². The third kappa shape index (κ3) is 1.83. The van der Waals surface area contributed by atoms with E-state index in [9.17, 15) is 22.8 Å². The fourth-order valence-corrected chi connectivity index (χ4v) is 1.67. The molecule has 0 amide bonds. The van der Waals surface area contributed by atoms with Gasteiger partial charge in [0.2, 0.25) is 0 Å². The number of fused-ring (bicyclic) bond motifs is 1. The number of benzene rings is 1. The van der Waals surface area contributed by atoms with Crippen molar-refractivity contribution in [3.05, 3.63) is 46.2 Å². The number of aromatic carboxylic acids is 1. The SMILES string of the molecule is O=C(O)c1cc2ccccc2n(C(F)(F)F)c1=O. The Morgan fingerprint density at radius 2 is 1.83 bits per heavy atom. The lowest BCUT2D eigenvalue weighted by molar-refractivity contribution is -0.203. The lowest BCUT2D eigenvalue weighted by atomic mass is 10.1. The largest absolute Gasteiger partial charge is 0.491 e. The number of nitrogens with zero attached hydrogens (tertiary/aromatic N) is 1. The fourth-order valence-electron chi connectivity index (χ4n) is 1.67. The smallest absolute Gasteiger partial charge is 0.477 e. The number of carboxylic acids is 1. The van der Waals surface area contributed by atoms with Crippen LogP contribution in [0.4, 0.5) is 13.2 Å². The van der Waals surface area contributed by atoms with E-state index in [-0.39, 0.29) is 10.9 Å². The van der Waals surface area contributed by atoms with E-state index >= 15 is 0 Å². The minimum Gasteiger partial charge on any atom is -0.477 e. The molecule has 0 saturated heterocycles. The Labute approximate surface area is 97.9 Å². The van der Waals surface area contributed by atoms with Crippen LogP contribution in [0.5, 0.6) is 0 Å². The second-order valence-corrected chi connectivity index (χ2v) is 3.53. The number of para-hydroxylation sites is 1. The van der Waals surface area contributed by atoms with Gasteiger partial charge in [-0.15, -0.1) is 13.2 Å². The van der Waals surface area contributed by atoms with E-state index in [1.165, 1.54) is 18.2 Å². The molecule has 0 aliphatic heterocycles. The Morgan fingerprint density at radius 3 is 2.39 bits per heavy atom. The molecule has 0 atom stereocenters. The van der Waals surface area contributed by atoms with Crippen LogP contribution in [0, 0.1) is 0 Å². The van der Waals surface area contributed by atoms with Gasteiger partial charge in [0.1, 0.15) is 5.56 Å². The van der Waals surface area contributed by atoms with E-state index in [4.69, 9.17) is 5.11 Å². The van der Waals surface area contributed by atoms with Gasteiger partial charge in [-0.1, -0.05) is 18.2 Å². The Hall–Kier alpha value is -2.31. The summed E-state index contributed by atoms with van der Waals surface area (Å²) in [7, 11) is 0. The van der Waals surface area contributed by atoms with E-state index in [1.54, 1.807) is 0 Å².